The van der Waals surface area contributed by atoms with Gasteiger partial charge in [-0.3, -0.25) is 0 Å². The van der Waals surface area contributed by atoms with Gasteiger partial charge in [-0.05, 0) is 11.0 Å². The molecule has 1 aromatic heterocycles. The van der Waals surface area contributed by atoms with Gasteiger partial charge in [0, 0.05) is 44.2 Å². The molecule has 4 nitrogen and oxygen atoms in total. The molecule has 0 bridgehead atoms. The molecule has 2 rings (SSSR count). The van der Waals surface area contributed by atoms with Crippen LogP contribution in [0.2, 0.25) is 0 Å². The first-order chi connectivity index (χ1) is 11.6. The second-order valence-electron chi connectivity index (χ2n) is 3.03. The van der Waals surface area contributed by atoms with Crippen molar-refractivity contribution in [1.82, 2.24) is 4.98 Å². The molecule has 2 aromatic rings. The number of benzene rings is 1. The first kappa shape index (κ1) is 34.3. The number of rotatable bonds is 2. The van der Waals surface area contributed by atoms with Crippen molar-refractivity contribution in [2.24, 2.45) is 5.11 Å². The van der Waals surface area contributed by atoms with E-state index in [2.05, 4.69) is 81.1 Å². The van der Waals surface area contributed by atoms with Gasteiger partial charge < -0.3 is 4.98 Å². The van der Waals surface area contributed by atoms with Crippen LogP contribution >= 0.6 is 59.9 Å². The normalized spacial score (nSPS) is 7.60. The summed E-state index contributed by atoms with van der Waals surface area (Å²) in [5.74, 6) is 0. The van der Waals surface area contributed by atoms with Gasteiger partial charge in [0.2, 0.25) is 0 Å². The summed E-state index contributed by atoms with van der Waals surface area (Å²) in [7, 11) is 0. The van der Waals surface area contributed by atoms with Crippen LogP contribution in [0.3, 0.4) is 0 Å². The van der Waals surface area contributed by atoms with E-state index in [1.807, 2.05) is 71.9 Å². The van der Waals surface area contributed by atoms with Crippen LogP contribution in [0, 0.1) is 6.20 Å². The van der Waals surface area contributed by atoms with Crippen molar-refractivity contribution in [3.05, 3.63) is 52.5 Å². The van der Waals surface area contributed by atoms with Crippen molar-refractivity contribution in [3.8, 4) is 0 Å². The molecule has 0 saturated heterocycles. The smallest absolute Gasteiger partial charge is 0.0298 e. The van der Waals surface area contributed by atoms with Crippen LogP contribution in [-0.4, -0.2) is 4.98 Å². The van der Waals surface area contributed by atoms with E-state index in [-0.39, 0.29) is 37.6 Å². The summed E-state index contributed by atoms with van der Waals surface area (Å²) in [5, 5.41) is 4.49. The van der Waals surface area contributed by atoms with Crippen molar-refractivity contribution < 1.29 is 37.6 Å². The molecule has 0 aliphatic rings. The fourth-order valence-corrected chi connectivity index (χ4v) is 1.25. The Kier molecular flexibility index (Phi) is 38.5. The van der Waals surface area contributed by atoms with Crippen LogP contribution in [0.1, 0.15) is 47.1 Å². The molecule has 0 fully saturated rings. The molecule has 0 aliphatic heterocycles. The van der Waals surface area contributed by atoms with Crippen LogP contribution in [0.25, 0.3) is 21.3 Å². The van der Waals surface area contributed by atoms with Crippen molar-refractivity contribution in [2.75, 3.05) is 0 Å². The Morgan fingerprint density at radius 1 is 1.08 bits per heavy atom. The quantitative estimate of drug-likeness (QED) is 0.0989. The molecule has 0 N–H and O–H groups in total. The predicted molar refractivity (Wildman–Crippen MR) is 130 cm³/mol. The van der Waals surface area contributed by atoms with Gasteiger partial charge in [-0.2, -0.15) is 6.07 Å². The molecule has 0 amide bonds. The topological polar surface area (TPSA) is 61.7 Å². The van der Waals surface area contributed by atoms with E-state index in [0.717, 1.165) is 16.5 Å². The van der Waals surface area contributed by atoms with Gasteiger partial charge >= 0.3 is 64.9 Å². The SMILES string of the molecule is CC.CC.CC.[I][V]([I])[I].[N-]=[N+]=NCc1[c-]nc2ccccc2c1.[Y]. The first-order valence-corrected chi connectivity index (χ1v) is 21.2. The van der Waals surface area contributed by atoms with E-state index < -0.39 is 0 Å². The second kappa shape index (κ2) is 28.0. The molecule has 0 unspecified atom stereocenters. The number of hydrogen-bond donors (Lipinski definition) is 0. The maximum absolute atomic E-state index is 8.16. The van der Waals surface area contributed by atoms with Crippen molar-refractivity contribution >= 4 is 70.8 Å². The predicted octanol–water partition coefficient (Wildman–Crippen LogP) is 8.58. The average molecular weight is 794 g/mol. The van der Waals surface area contributed by atoms with Gasteiger partial charge in [-0.15, -0.1) is 10.9 Å². The van der Waals surface area contributed by atoms with Crippen molar-refractivity contribution in [1.29, 1.82) is 0 Å². The standard InChI is InChI=1S/C10H7N4.3C2H6.3HI.V.Y/c11-14-13-7-8-5-9-3-1-2-4-10(9)12-6-8;3*1-2;;;;;/h1-5H,7H2;3*1-2H3;3*1H;;/q-1;;;;;;;+3;/p-3. The van der Waals surface area contributed by atoms with E-state index in [0.29, 0.717) is 6.54 Å². The fraction of sp³-hybridized carbons (Fsp3) is 0.438. The Balaban J connectivity index is -0.000000172. The van der Waals surface area contributed by atoms with Gasteiger partial charge in [0.25, 0.3) is 0 Å². The third-order valence-corrected chi connectivity index (χ3v) is 1.89. The summed E-state index contributed by atoms with van der Waals surface area (Å²) in [4.78, 5) is 6.54. The molecule has 1 aromatic carbocycles. The van der Waals surface area contributed by atoms with Crippen LogP contribution in [-0.2, 0) is 44.2 Å². The Morgan fingerprint density at radius 2 is 1.56 bits per heavy atom. The molecule has 0 spiro atoms. The molecule has 139 valence electrons. The molecule has 0 aliphatic carbocycles. The zero-order valence-electron chi connectivity index (χ0n) is 15.5. The number of hydrogen-bond acceptors (Lipinski definition) is 2. The molecule has 1 radical (unpaired) electrons. The van der Waals surface area contributed by atoms with Crippen molar-refractivity contribution in [2.45, 2.75) is 48.1 Å². The van der Waals surface area contributed by atoms with E-state index in [9.17, 15) is 0 Å². The molecule has 25 heavy (non-hydrogen) atoms. The average Bonchev–Trinajstić information content (AvgIpc) is 2.64. The minimum Gasteiger partial charge on any atom is -0.386 e. The molecular formula is C16H25I3N4VY-. The maximum atomic E-state index is 8.16. The minimum absolute atomic E-state index is 0. The molecular weight excluding hydrogens is 769 g/mol. The number of fused-ring (bicyclic) bond motifs is 1. The number of azide groups is 1. The zero-order chi connectivity index (χ0) is 19.4. The van der Waals surface area contributed by atoms with Crippen LogP contribution in [0.4, 0.5) is 0 Å². The Bertz CT molecular complexity index is 565. The van der Waals surface area contributed by atoms with Gasteiger partial charge in [-0.25, -0.2) is 0 Å². The number of aromatic nitrogens is 1. The van der Waals surface area contributed by atoms with E-state index in [4.69, 9.17) is 5.53 Å². The Hall–Kier alpha value is 1.82. The van der Waals surface area contributed by atoms with E-state index in [1.54, 1.807) is 0 Å². The zero-order valence-corrected chi connectivity index (χ0v) is 26.2. The number of para-hydroxylation sites is 1. The summed E-state index contributed by atoms with van der Waals surface area (Å²) in [5.41, 5.74) is 9.87. The third-order valence-electron chi connectivity index (χ3n) is 1.89. The summed E-state index contributed by atoms with van der Waals surface area (Å²) >= 11 is 7.39. The number of halogens is 3. The summed E-state index contributed by atoms with van der Waals surface area (Å²) < 4.78 is 0. The fourth-order valence-electron chi connectivity index (χ4n) is 1.25. The second-order valence-corrected chi connectivity index (χ2v) is 38.4. The molecule has 1 heterocycles. The maximum Gasteiger partial charge on any atom is 0.0298 e. The van der Waals surface area contributed by atoms with Crippen molar-refractivity contribution in [3.63, 3.8) is 0 Å². The van der Waals surface area contributed by atoms with Gasteiger partial charge in [0.05, 0.1) is 0 Å². The summed E-state index contributed by atoms with van der Waals surface area (Å²) in [6.45, 7) is 12.3. The van der Waals surface area contributed by atoms with Gasteiger partial charge in [0.1, 0.15) is 0 Å². The molecule has 0 saturated carbocycles. The van der Waals surface area contributed by atoms with E-state index in [1.165, 1.54) is 0 Å². The monoisotopic (exact) mass is 794 g/mol. The molecule has 9 heteroatoms. The van der Waals surface area contributed by atoms with E-state index >= 15 is 0 Å². The number of nitrogens with zero attached hydrogens (tertiary/aromatic N) is 4. The Labute approximate surface area is 215 Å². The minimum atomic E-state index is -0.278. The number of pyridine rings is 1. The van der Waals surface area contributed by atoms with Crippen LogP contribution in [0.15, 0.2) is 35.4 Å². The van der Waals surface area contributed by atoms with Gasteiger partial charge in [0.15, 0.2) is 0 Å². The van der Waals surface area contributed by atoms with Crippen LogP contribution in [0.5, 0.6) is 0 Å². The first-order valence-electron chi connectivity index (χ1n) is 7.68. The summed E-state index contributed by atoms with van der Waals surface area (Å²) in [6.07, 6.45) is 2.83. The van der Waals surface area contributed by atoms with Crippen LogP contribution < -0.4 is 0 Å². The summed E-state index contributed by atoms with van der Waals surface area (Å²) in [6, 6.07) is 9.69. The third kappa shape index (κ3) is 22.0. The largest absolute Gasteiger partial charge is 0.386 e. The molecule has 0 atom stereocenters. The Morgan fingerprint density at radius 3 is 2.04 bits per heavy atom. The van der Waals surface area contributed by atoms with Gasteiger partial charge in [-0.1, -0.05) is 77.1 Å².